The van der Waals surface area contributed by atoms with Crippen LogP contribution in [0.4, 0.5) is 0 Å². The van der Waals surface area contributed by atoms with Crippen LogP contribution in [-0.2, 0) is 11.3 Å². The fourth-order valence-electron chi connectivity index (χ4n) is 2.25. The second-order valence-electron chi connectivity index (χ2n) is 4.34. The van der Waals surface area contributed by atoms with E-state index in [-0.39, 0.29) is 11.9 Å². The summed E-state index contributed by atoms with van der Waals surface area (Å²) in [5.41, 5.74) is 6.29. The van der Waals surface area contributed by atoms with Gasteiger partial charge in [-0.3, -0.25) is 9.69 Å². The van der Waals surface area contributed by atoms with E-state index in [0.29, 0.717) is 11.7 Å². The molecular formula is C12H16ClN3O. The molecule has 1 saturated heterocycles. The van der Waals surface area contributed by atoms with Gasteiger partial charge in [-0.1, -0.05) is 24.1 Å². The van der Waals surface area contributed by atoms with E-state index in [4.69, 9.17) is 17.3 Å². The van der Waals surface area contributed by atoms with E-state index in [1.54, 1.807) is 6.07 Å². The van der Waals surface area contributed by atoms with Gasteiger partial charge in [0.2, 0.25) is 5.91 Å². The van der Waals surface area contributed by atoms with Crippen LogP contribution in [0.1, 0.15) is 25.0 Å². The zero-order valence-corrected chi connectivity index (χ0v) is 10.4. The summed E-state index contributed by atoms with van der Waals surface area (Å²) >= 11 is 5.84. The van der Waals surface area contributed by atoms with Gasteiger partial charge in [0.25, 0.3) is 0 Å². The van der Waals surface area contributed by atoms with E-state index >= 15 is 0 Å². The fourth-order valence-corrected chi connectivity index (χ4v) is 2.43. The second-order valence-corrected chi connectivity index (χ2v) is 4.72. The number of hydrogen-bond acceptors (Lipinski definition) is 3. The van der Waals surface area contributed by atoms with Gasteiger partial charge in [-0.2, -0.15) is 0 Å². The molecule has 2 N–H and O–H groups in total. The van der Waals surface area contributed by atoms with Gasteiger partial charge in [0.1, 0.15) is 5.15 Å². The monoisotopic (exact) mass is 253 g/mol. The molecule has 17 heavy (non-hydrogen) atoms. The molecule has 5 heteroatoms. The first-order valence-corrected chi connectivity index (χ1v) is 6.19. The van der Waals surface area contributed by atoms with Crippen molar-refractivity contribution in [2.45, 2.75) is 31.8 Å². The maximum Gasteiger partial charge on any atom is 0.234 e. The Morgan fingerprint density at radius 1 is 1.53 bits per heavy atom. The molecule has 0 radical (unpaired) electrons. The molecule has 4 nitrogen and oxygen atoms in total. The third-order valence-electron chi connectivity index (χ3n) is 3.08. The van der Waals surface area contributed by atoms with Gasteiger partial charge in [-0.15, -0.1) is 0 Å². The molecule has 1 fully saturated rings. The highest BCUT2D eigenvalue weighted by Crippen LogP contribution is 2.19. The number of amides is 1. The summed E-state index contributed by atoms with van der Waals surface area (Å²) in [6.45, 7) is 1.52. The number of nitrogens with zero attached hydrogens (tertiary/aromatic N) is 2. The van der Waals surface area contributed by atoms with Gasteiger partial charge in [-0.05, 0) is 31.5 Å². The second kappa shape index (κ2) is 5.47. The molecule has 1 aliphatic rings. The molecular weight excluding hydrogens is 238 g/mol. The average molecular weight is 254 g/mol. The molecule has 0 aromatic carbocycles. The van der Waals surface area contributed by atoms with E-state index in [9.17, 15) is 4.79 Å². The van der Waals surface area contributed by atoms with Crippen LogP contribution in [0.15, 0.2) is 18.2 Å². The highest BCUT2D eigenvalue weighted by Gasteiger charge is 2.26. The van der Waals surface area contributed by atoms with E-state index in [2.05, 4.69) is 9.88 Å². The van der Waals surface area contributed by atoms with Crippen LogP contribution in [0.3, 0.4) is 0 Å². The zero-order chi connectivity index (χ0) is 12.3. The molecule has 1 aromatic rings. The maximum atomic E-state index is 11.4. The summed E-state index contributed by atoms with van der Waals surface area (Å²) < 4.78 is 0. The van der Waals surface area contributed by atoms with E-state index < -0.39 is 0 Å². The van der Waals surface area contributed by atoms with Crippen LogP contribution >= 0.6 is 11.6 Å². The van der Waals surface area contributed by atoms with Crippen molar-refractivity contribution in [3.05, 3.63) is 29.0 Å². The number of rotatable bonds is 3. The number of pyridine rings is 1. The average Bonchev–Trinajstić information content (AvgIpc) is 2.29. The molecule has 1 atom stereocenters. The van der Waals surface area contributed by atoms with Crippen molar-refractivity contribution in [1.82, 2.24) is 9.88 Å². The minimum atomic E-state index is -0.244. The Labute approximate surface area is 106 Å². The van der Waals surface area contributed by atoms with Crippen molar-refractivity contribution in [3.8, 4) is 0 Å². The summed E-state index contributed by atoms with van der Waals surface area (Å²) in [6, 6.07) is 5.36. The lowest BCUT2D eigenvalue weighted by atomic mass is 10.0. The summed E-state index contributed by atoms with van der Waals surface area (Å²) in [7, 11) is 0. The molecule has 1 unspecified atom stereocenters. The standard InChI is InChI=1S/C12H16ClN3O/c13-11-6-3-4-9(15-11)8-16-7-2-1-5-10(16)12(14)17/h3-4,6,10H,1-2,5,7-8H2,(H2,14,17). The minimum Gasteiger partial charge on any atom is -0.368 e. The lowest BCUT2D eigenvalue weighted by molar-refractivity contribution is -0.124. The summed E-state index contributed by atoms with van der Waals surface area (Å²) in [6.07, 6.45) is 3.01. The van der Waals surface area contributed by atoms with E-state index in [1.165, 1.54) is 0 Å². The maximum absolute atomic E-state index is 11.4. The number of carbonyl (C=O) groups excluding carboxylic acids is 1. The first kappa shape index (κ1) is 12.3. The lowest BCUT2D eigenvalue weighted by Gasteiger charge is -2.33. The number of hydrogen-bond donors (Lipinski definition) is 1. The molecule has 1 aromatic heterocycles. The summed E-state index contributed by atoms with van der Waals surface area (Å²) in [5, 5.41) is 0.482. The first-order valence-electron chi connectivity index (χ1n) is 5.81. The van der Waals surface area contributed by atoms with Crippen molar-refractivity contribution < 1.29 is 4.79 Å². The highest BCUT2D eigenvalue weighted by molar-refractivity contribution is 6.29. The third-order valence-corrected chi connectivity index (χ3v) is 3.29. The number of likely N-dealkylation sites (tertiary alicyclic amines) is 1. The topological polar surface area (TPSA) is 59.2 Å². The predicted molar refractivity (Wildman–Crippen MR) is 66.5 cm³/mol. The van der Waals surface area contributed by atoms with Crippen LogP contribution in [0.2, 0.25) is 5.15 Å². The van der Waals surface area contributed by atoms with Crippen molar-refractivity contribution in [2.75, 3.05) is 6.54 Å². The number of piperidine rings is 1. The number of nitrogens with two attached hydrogens (primary N) is 1. The molecule has 0 saturated carbocycles. The summed E-state index contributed by atoms with van der Waals surface area (Å²) in [4.78, 5) is 17.7. The van der Waals surface area contributed by atoms with Gasteiger partial charge in [-0.25, -0.2) is 4.98 Å². The molecule has 0 aliphatic carbocycles. The Morgan fingerprint density at radius 3 is 3.06 bits per heavy atom. The normalized spacial score (nSPS) is 21.4. The van der Waals surface area contributed by atoms with E-state index in [0.717, 1.165) is 31.5 Å². The van der Waals surface area contributed by atoms with Gasteiger partial charge in [0.05, 0.1) is 11.7 Å². The summed E-state index contributed by atoms with van der Waals surface area (Å²) in [5.74, 6) is -0.244. The van der Waals surface area contributed by atoms with Crippen LogP contribution in [0.25, 0.3) is 0 Å². The van der Waals surface area contributed by atoms with Gasteiger partial charge in [0.15, 0.2) is 0 Å². The quantitative estimate of drug-likeness (QED) is 0.832. The number of carbonyl (C=O) groups is 1. The van der Waals surface area contributed by atoms with Crippen LogP contribution in [-0.4, -0.2) is 28.4 Å². The van der Waals surface area contributed by atoms with Crippen molar-refractivity contribution in [1.29, 1.82) is 0 Å². The molecule has 92 valence electrons. The van der Waals surface area contributed by atoms with Gasteiger partial charge >= 0.3 is 0 Å². The first-order chi connectivity index (χ1) is 8.16. The molecule has 2 rings (SSSR count). The number of halogens is 1. The lowest BCUT2D eigenvalue weighted by Crippen LogP contribution is -2.47. The minimum absolute atomic E-state index is 0.162. The van der Waals surface area contributed by atoms with Crippen molar-refractivity contribution in [2.24, 2.45) is 5.73 Å². The SMILES string of the molecule is NC(=O)C1CCCCN1Cc1cccc(Cl)n1. The molecule has 1 amide bonds. The Hall–Kier alpha value is -1.13. The van der Waals surface area contributed by atoms with Gasteiger partial charge in [0, 0.05) is 6.54 Å². The zero-order valence-electron chi connectivity index (χ0n) is 9.60. The highest BCUT2D eigenvalue weighted by atomic mass is 35.5. The number of primary amides is 1. The number of aromatic nitrogens is 1. The largest absolute Gasteiger partial charge is 0.368 e. The molecule has 1 aliphatic heterocycles. The third kappa shape index (κ3) is 3.17. The van der Waals surface area contributed by atoms with Crippen LogP contribution in [0, 0.1) is 0 Å². The Bertz CT molecular complexity index is 410. The molecule has 2 heterocycles. The Morgan fingerprint density at radius 2 is 2.35 bits per heavy atom. The van der Waals surface area contributed by atoms with Crippen molar-refractivity contribution in [3.63, 3.8) is 0 Å². The molecule has 0 spiro atoms. The molecule has 0 bridgehead atoms. The Balaban J connectivity index is 2.08. The van der Waals surface area contributed by atoms with Gasteiger partial charge < -0.3 is 5.73 Å². The van der Waals surface area contributed by atoms with E-state index in [1.807, 2.05) is 12.1 Å². The smallest absolute Gasteiger partial charge is 0.234 e. The predicted octanol–water partition coefficient (Wildman–Crippen LogP) is 1.57. The Kier molecular flexibility index (Phi) is 3.97. The fraction of sp³-hybridized carbons (Fsp3) is 0.500. The van der Waals surface area contributed by atoms with Crippen LogP contribution in [0.5, 0.6) is 0 Å². The van der Waals surface area contributed by atoms with Crippen molar-refractivity contribution >= 4 is 17.5 Å². The van der Waals surface area contributed by atoms with Crippen LogP contribution < -0.4 is 5.73 Å².